The van der Waals surface area contributed by atoms with Crippen molar-refractivity contribution in [1.29, 1.82) is 0 Å². The van der Waals surface area contributed by atoms with Crippen molar-refractivity contribution in [1.82, 2.24) is 4.37 Å². The highest BCUT2D eigenvalue weighted by molar-refractivity contribution is 7.13. The lowest BCUT2D eigenvalue weighted by atomic mass is 9.94. The summed E-state index contributed by atoms with van der Waals surface area (Å²) in [5.41, 5.74) is 10.1. The second-order valence-electron chi connectivity index (χ2n) is 5.64. The molecule has 4 rings (SSSR count). The van der Waals surface area contributed by atoms with Crippen LogP contribution in [0.25, 0.3) is 21.2 Å². The molecule has 2 aromatic carbocycles. The number of nitrogens with two attached hydrogens (primary N) is 1. The number of aromatic nitrogens is 1. The van der Waals surface area contributed by atoms with Crippen LogP contribution in [0.15, 0.2) is 48.7 Å². The van der Waals surface area contributed by atoms with E-state index in [2.05, 4.69) is 46.8 Å². The molecule has 0 bridgehead atoms. The van der Waals surface area contributed by atoms with E-state index in [1.54, 1.807) is 11.5 Å². The van der Waals surface area contributed by atoms with Crippen molar-refractivity contribution >= 4 is 21.6 Å². The van der Waals surface area contributed by atoms with Crippen LogP contribution < -0.4 is 5.73 Å². The Morgan fingerprint density at radius 3 is 2.50 bits per heavy atom. The molecule has 0 unspecified atom stereocenters. The van der Waals surface area contributed by atoms with Gasteiger partial charge in [0.25, 0.3) is 0 Å². The highest BCUT2D eigenvalue weighted by Gasteiger charge is 2.42. The standard InChI is InChI=1S/C17H16N2S/c18-11-17(7-8-17)15-4-1-12(2-5-15)13-3-6-16-14(9-13)10-19-20-16/h1-6,9-10H,7-8,11,18H2. The van der Waals surface area contributed by atoms with Gasteiger partial charge >= 0.3 is 0 Å². The normalized spacial score (nSPS) is 16.4. The largest absolute Gasteiger partial charge is 0.330 e. The Labute approximate surface area is 122 Å². The van der Waals surface area contributed by atoms with Gasteiger partial charge in [0, 0.05) is 23.5 Å². The lowest BCUT2D eigenvalue weighted by Gasteiger charge is -2.13. The van der Waals surface area contributed by atoms with Gasteiger partial charge in [-0.3, -0.25) is 0 Å². The second-order valence-corrected chi connectivity index (χ2v) is 6.47. The molecule has 0 saturated heterocycles. The molecule has 0 radical (unpaired) electrons. The summed E-state index contributed by atoms with van der Waals surface area (Å²) in [6.07, 6.45) is 4.40. The second kappa shape index (κ2) is 4.40. The maximum atomic E-state index is 5.89. The number of hydrogen-bond acceptors (Lipinski definition) is 3. The molecule has 0 spiro atoms. The fourth-order valence-corrected chi connectivity index (χ4v) is 3.46. The summed E-state index contributed by atoms with van der Waals surface area (Å²) in [7, 11) is 0. The zero-order valence-corrected chi connectivity index (χ0v) is 12.0. The van der Waals surface area contributed by atoms with Crippen molar-refractivity contribution in [3.63, 3.8) is 0 Å². The van der Waals surface area contributed by atoms with Crippen molar-refractivity contribution in [2.24, 2.45) is 5.73 Å². The Hall–Kier alpha value is -1.71. The van der Waals surface area contributed by atoms with Crippen LogP contribution in [0.4, 0.5) is 0 Å². The van der Waals surface area contributed by atoms with Crippen LogP contribution >= 0.6 is 11.5 Å². The first-order valence-corrected chi connectivity index (χ1v) is 7.74. The molecular weight excluding hydrogens is 264 g/mol. The molecule has 0 aliphatic heterocycles. The molecule has 0 atom stereocenters. The van der Waals surface area contributed by atoms with Crippen molar-refractivity contribution < 1.29 is 0 Å². The molecular formula is C17H16N2S. The fourth-order valence-electron chi connectivity index (χ4n) is 2.83. The smallest absolute Gasteiger partial charge is 0.0550 e. The third kappa shape index (κ3) is 1.86. The topological polar surface area (TPSA) is 38.9 Å². The monoisotopic (exact) mass is 280 g/mol. The predicted molar refractivity (Wildman–Crippen MR) is 85.0 cm³/mol. The fraction of sp³-hybridized carbons (Fsp3) is 0.235. The number of nitrogens with zero attached hydrogens (tertiary/aromatic N) is 1. The first kappa shape index (κ1) is 12.1. The SMILES string of the molecule is NCC1(c2ccc(-c3ccc4sncc4c3)cc2)CC1. The molecule has 3 aromatic rings. The Morgan fingerprint density at radius 1 is 1.05 bits per heavy atom. The van der Waals surface area contributed by atoms with E-state index < -0.39 is 0 Å². The van der Waals surface area contributed by atoms with E-state index in [9.17, 15) is 0 Å². The summed E-state index contributed by atoms with van der Waals surface area (Å²) < 4.78 is 5.47. The average molecular weight is 280 g/mol. The summed E-state index contributed by atoms with van der Waals surface area (Å²) in [6, 6.07) is 15.4. The minimum atomic E-state index is 0.278. The number of benzene rings is 2. The van der Waals surface area contributed by atoms with Gasteiger partial charge in [0.15, 0.2) is 0 Å². The Balaban J connectivity index is 1.71. The van der Waals surface area contributed by atoms with Gasteiger partial charge in [0.2, 0.25) is 0 Å². The molecule has 1 heterocycles. The van der Waals surface area contributed by atoms with Gasteiger partial charge in [0.1, 0.15) is 0 Å². The molecule has 2 N–H and O–H groups in total. The number of hydrogen-bond donors (Lipinski definition) is 1. The quantitative estimate of drug-likeness (QED) is 0.789. The van der Waals surface area contributed by atoms with Gasteiger partial charge in [-0.1, -0.05) is 30.3 Å². The lowest BCUT2D eigenvalue weighted by Crippen LogP contribution is -2.19. The maximum absolute atomic E-state index is 5.89. The third-order valence-corrected chi connectivity index (χ3v) is 5.21. The van der Waals surface area contributed by atoms with Crippen LogP contribution in [-0.4, -0.2) is 10.9 Å². The number of fused-ring (bicyclic) bond motifs is 1. The first-order chi connectivity index (χ1) is 9.81. The molecule has 1 fully saturated rings. The zero-order chi connectivity index (χ0) is 13.6. The lowest BCUT2D eigenvalue weighted by molar-refractivity contribution is 0.705. The van der Waals surface area contributed by atoms with Gasteiger partial charge in [-0.2, -0.15) is 4.37 Å². The van der Waals surface area contributed by atoms with Crippen LogP contribution in [0.5, 0.6) is 0 Å². The Morgan fingerprint density at radius 2 is 1.80 bits per heavy atom. The highest BCUT2D eigenvalue weighted by atomic mass is 32.1. The molecule has 1 aromatic heterocycles. The molecule has 20 heavy (non-hydrogen) atoms. The minimum Gasteiger partial charge on any atom is -0.330 e. The maximum Gasteiger partial charge on any atom is 0.0550 e. The van der Waals surface area contributed by atoms with E-state index >= 15 is 0 Å². The third-order valence-electron chi connectivity index (χ3n) is 4.43. The van der Waals surface area contributed by atoms with Gasteiger partial charge < -0.3 is 5.73 Å². The van der Waals surface area contributed by atoms with Crippen molar-refractivity contribution in [3.05, 3.63) is 54.2 Å². The van der Waals surface area contributed by atoms with E-state index in [1.165, 1.54) is 39.6 Å². The summed E-state index contributed by atoms with van der Waals surface area (Å²) in [5.74, 6) is 0. The van der Waals surface area contributed by atoms with E-state index in [1.807, 2.05) is 6.20 Å². The highest BCUT2D eigenvalue weighted by Crippen LogP contribution is 2.47. The Kier molecular flexibility index (Phi) is 2.65. The van der Waals surface area contributed by atoms with Crippen molar-refractivity contribution in [2.45, 2.75) is 18.3 Å². The summed E-state index contributed by atoms with van der Waals surface area (Å²) >= 11 is 1.54. The van der Waals surface area contributed by atoms with Crippen LogP contribution in [0.3, 0.4) is 0 Å². The minimum absolute atomic E-state index is 0.278. The van der Waals surface area contributed by atoms with Crippen molar-refractivity contribution in [3.8, 4) is 11.1 Å². The molecule has 1 saturated carbocycles. The average Bonchev–Trinajstić information content (AvgIpc) is 3.17. The summed E-state index contributed by atoms with van der Waals surface area (Å²) in [5, 5.41) is 1.22. The van der Waals surface area contributed by atoms with Gasteiger partial charge in [-0.15, -0.1) is 0 Å². The van der Waals surface area contributed by atoms with Gasteiger partial charge in [-0.05, 0) is 53.2 Å². The van der Waals surface area contributed by atoms with E-state index in [0.717, 1.165) is 6.54 Å². The molecule has 100 valence electrons. The van der Waals surface area contributed by atoms with Crippen LogP contribution in [0, 0.1) is 0 Å². The van der Waals surface area contributed by atoms with E-state index in [4.69, 9.17) is 5.73 Å². The molecule has 1 aliphatic carbocycles. The predicted octanol–water partition coefficient (Wildman–Crippen LogP) is 3.95. The molecule has 1 aliphatic rings. The number of rotatable bonds is 3. The van der Waals surface area contributed by atoms with Crippen LogP contribution in [-0.2, 0) is 5.41 Å². The van der Waals surface area contributed by atoms with E-state index in [-0.39, 0.29) is 5.41 Å². The molecule has 0 amide bonds. The van der Waals surface area contributed by atoms with Crippen molar-refractivity contribution in [2.75, 3.05) is 6.54 Å². The molecule has 3 heteroatoms. The van der Waals surface area contributed by atoms with Gasteiger partial charge in [-0.25, -0.2) is 0 Å². The molecule has 2 nitrogen and oxygen atoms in total. The zero-order valence-electron chi connectivity index (χ0n) is 11.2. The summed E-state index contributed by atoms with van der Waals surface area (Å²) in [4.78, 5) is 0. The van der Waals surface area contributed by atoms with E-state index in [0.29, 0.717) is 0 Å². The summed E-state index contributed by atoms with van der Waals surface area (Å²) in [6.45, 7) is 0.763. The Bertz CT molecular complexity index is 754. The van der Waals surface area contributed by atoms with Gasteiger partial charge in [0.05, 0.1) is 4.70 Å². The first-order valence-electron chi connectivity index (χ1n) is 6.96. The van der Waals surface area contributed by atoms with Crippen LogP contribution in [0.2, 0.25) is 0 Å². The van der Waals surface area contributed by atoms with Crippen LogP contribution in [0.1, 0.15) is 18.4 Å².